The summed E-state index contributed by atoms with van der Waals surface area (Å²) in [7, 11) is 0. The zero-order valence-corrected chi connectivity index (χ0v) is 7.94. The third-order valence-electron chi connectivity index (χ3n) is 1.65. The summed E-state index contributed by atoms with van der Waals surface area (Å²) in [4.78, 5) is 0. The summed E-state index contributed by atoms with van der Waals surface area (Å²) in [5.74, 6) is 0. The lowest BCUT2D eigenvalue weighted by Gasteiger charge is -2.04. The molecule has 0 fully saturated rings. The molecule has 3 nitrogen and oxygen atoms in total. The van der Waals surface area contributed by atoms with Crippen LogP contribution in [0.1, 0.15) is 19.3 Å². The van der Waals surface area contributed by atoms with Crippen LogP contribution in [0, 0.1) is 6.92 Å². The van der Waals surface area contributed by atoms with E-state index in [0.29, 0.717) is 0 Å². The van der Waals surface area contributed by atoms with Gasteiger partial charge in [0.25, 0.3) is 0 Å². The standard InChI is InChI=1S/C9H22N3/c1-2-3-4-6-11-8-9-12-7-5-10/h11-12H,1-10H2. The van der Waals surface area contributed by atoms with E-state index in [1.807, 2.05) is 0 Å². The van der Waals surface area contributed by atoms with Gasteiger partial charge in [-0.2, -0.15) is 0 Å². The highest BCUT2D eigenvalue weighted by Crippen LogP contribution is 1.89. The summed E-state index contributed by atoms with van der Waals surface area (Å²) in [6, 6.07) is 0. The number of unbranched alkanes of at least 4 members (excludes halogenated alkanes) is 2. The summed E-state index contributed by atoms with van der Waals surface area (Å²) in [5.41, 5.74) is 5.32. The van der Waals surface area contributed by atoms with Crippen LogP contribution in [0.4, 0.5) is 0 Å². The van der Waals surface area contributed by atoms with Crippen LogP contribution in [0.2, 0.25) is 0 Å². The Hall–Kier alpha value is -0.120. The topological polar surface area (TPSA) is 50.1 Å². The first-order valence-electron chi connectivity index (χ1n) is 4.82. The molecule has 0 rings (SSSR count). The van der Waals surface area contributed by atoms with Gasteiger partial charge in [-0.1, -0.05) is 19.8 Å². The molecule has 1 radical (unpaired) electrons. The molecule has 73 valence electrons. The molecule has 0 bridgehead atoms. The highest BCUT2D eigenvalue weighted by molar-refractivity contribution is 4.53. The summed E-state index contributed by atoms with van der Waals surface area (Å²) in [5, 5.41) is 6.57. The average molecular weight is 172 g/mol. The van der Waals surface area contributed by atoms with Crippen molar-refractivity contribution in [3.63, 3.8) is 0 Å². The lowest BCUT2D eigenvalue weighted by Crippen LogP contribution is -2.31. The molecule has 0 aromatic heterocycles. The fraction of sp³-hybridized carbons (Fsp3) is 0.889. The molecule has 0 amide bonds. The molecule has 12 heavy (non-hydrogen) atoms. The summed E-state index contributed by atoms with van der Waals surface area (Å²) >= 11 is 0. The second-order valence-corrected chi connectivity index (χ2v) is 2.85. The van der Waals surface area contributed by atoms with Crippen molar-refractivity contribution < 1.29 is 0 Å². The van der Waals surface area contributed by atoms with Gasteiger partial charge in [-0.05, 0) is 13.0 Å². The first-order valence-corrected chi connectivity index (χ1v) is 4.82. The van der Waals surface area contributed by atoms with Crippen LogP contribution in [0.15, 0.2) is 0 Å². The third kappa shape index (κ3) is 9.88. The molecule has 0 saturated carbocycles. The Morgan fingerprint density at radius 1 is 0.917 bits per heavy atom. The first kappa shape index (κ1) is 11.9. The van der Waals surface area contributed by atoms with Crippen LogP contribution in [0.5, 0.6) is 0 Å². The van der Waals surface area contributed by atoms with Crippen molar-refractivity contribution in [3.8, 4) is 0 Å². The largest absolute Gasteiger partial charge is 0.329 e. The Bertz CT molecular complexity index is 66.2. The van der Waals surface area contributed by atoms with Crippen molar-refractivity contribution >= 4 is 0 Å². The maximum atomic E-state index is 5.32. The van der Waals surface area contributed by atoms with E-state index in [9.17, 15) is 0 Å². The van der Waals surface area contributed by atoms with Gasteiger partial charge in [0, 0.05) is 26.2 Å². The molecule has 0 aromatic carbocycles. The van der Waals surface area contributed by atoms with Gasteiger partial charge < -0.3 is 16.4 Å². The van der Waals surface area contributed by atoms with Crippen LogP contribution < -0.4 is 16.4 Å². The van der Waals surface area contributed by atoms with Crippen LogP contribution in [0.25, 0.3) is 0 Å². The molecule has 0 aliphatic carbocycles. The molecule has 0 spiro atoms. The van der Waals surface area contributed by atoms with Crippen molar-refractivity contribution in [3.05, 3.63) is 6.92 Å². The third-order valence-corrected chi connectivity index (χ3v) is 1.65. The summed E-state index contributed by atoms with van der Waals surface area (Å²) in [6.45, 7) is 8.60. The average Bonchev–Trinajstić information content (AvgIpc) is 2.10. The van der Waals surface area contributed by atoms with Gasteiger partial charge >= 0.3 is 0 Å². The minimum Gasteiger partial charge on any atom is -0.329 e. The number of nitrogens with two attached hydrogens (primary N) is 1. The van der Waals surface area contributed by atoms with E-state index < -0.39 is 0 Å². The lowest BCUT2D eigenvalue weighted by atomic mass is 10.2. The second kappa shape index (κ2) is 10.9. The maximum absolute atomic E-state index is 5.32. The van der Waals surface area contributed by atoms with E-state index in [-0.39, 0.29) is 0 Å². The van der Waals surface area contributed by atoms with Crippen LogP contribution in [0.3, 0.4) is 0 Å². The van der Waals surface area contributed by atoms with Gasteiger partial charge in [-0.25, -0.2) is 0 Å². The van der Waals surface area contributed by atoms with E-state index in [4.69, 9.17) is 5.73 Å². The fourth-order valence-electron chi connectivity index (χ4n) is 0.956. The molecule has 0 aliphatic rings. The van der Waals surface area contributed by atoms with Crippen molar-refractivity contribution in [2.75, 3.05) is 32.7 Å². The molecule has 4 N–H and O–H groups in total. The van der Waals surface area contributed by atoms with E-state index in [1.165, 1.54) is 12.8 Å². The molecule has 3 heteroatoms. The zero-order valence-electron chi connectivity index (χ0n) is 7.94. The highest BCUT2D eigenvalue weighted by atomic mass is 14.9. The minimum atomic E-state index is 0.724. The van der Waals surface area contributed by atoms with Gasteiger partial charge in [0.2, 0.25) is 0 Å². The number of hydrogen-bond acceptors (Lipinski definition) is 3. The molecule has 0 saturated heterocycles. The molecular weight excluding hydrogens is 150 g/mol. The zero-order chi connectivity index (χ0) is 9.07. The van der Waals surface area contributed by atoms with Crippen molar-refractivity contribution in [2.45, 2.75) is 19.3 Å². The predicted octanol–water partition coefficient (Wildman–Crippen LogP) is 0.129. The van der Waals surface area contributed by atoms with E-state index in [2.05, 4.69) is 17.6 Å². The number of hydrogen-bond donors (Lipinski definition) is 3. The second-order valence-electron chi connectivity index (χ2n) is 2.85. The normalized spacial score (nSPS) is 10.5. The minimum absolute atomic E-state index is 0.724. The number of rotatable bonds is 9. The Morgan fingerprint density at radius 3 is 2.17 bits per heavy atom. The smallest absolute Gasteiger partial charge is 0.00772 e. The van der Waals surface area contributed by atoms with Gasteiger partial charge in [0.05, 0.1) is 0 Å². The lowest BCUT2D eigenvalue weighted by molar-refractivity contribution is 0.589. The van der Waals surface area contributed by atoms with Gasteiger partial charge in [-0.15, -0.1) is 0 Å². The van der Waals surface area contributed by atoms with E-state index in [0.717, 1.165) is 39.1 Å². The van der Waals surface area contributed by atoms with Gasteiger partial charge in [0.1, 0.15) is 0 Å². The fourth-order valence-corrected chi connectivity index (χ4v) is 0.956. The van der Waals surface area contributed by atoms with Crippen molar-refractivity contribution in [1.29, 1.82) is 0 Å². The Labute approximate surface area is 76.1 Å². The quantitative estimate of drug-likeness (QED) is 0.433. The molecule has 0 atom stereocenters. The summed E-state index contributed by atoms with van der Waals surface area (Å²) < 4.78 is 0. The van der Waals surface area contributed by atoms with Crippen LogP contribution in [-0.4, -0.2) is 32.7 Å². The van der Waals surface area contributed by atoms with Crippen LogP contribution >= 0.6 is 0 Å². The van der Waals surface area contributed by atoms with Gasteiger partial charge in [0.15, 0.2) is 0 Å². The predicted molar refractivity (Wildman–Crippen MR) is 54.0 cm³/mol. The highest BCUT2D eigenvalue weighted by Gasteiger charge is 1.87. The maximum Gasteiger partial charge on any atom is 0.00772 e. The monoisotopic (exact) mass is 172 g/mol. The number of nitrogens with one attached hydrogen (secondary N) is 2. The molecule has 0 aromatic rings. The van der Waals surface area contributed by atoms with Crippen molar-refractivity contribution in [1.82, 2.24) is 10.6 Å². The molecule has 0 unspecified atom stereocenters. The van der Waals surface area contributed by atoms with Crippen LogP contribution in [-0.2, 0) is 0 Å². The van der Waals surface area contributed by atoms with E-state index in [1.54, 1.807) is 0 Å². The summed E-state index contributed by atoms with van der Waals surface area (Å²) in [6.07, 6.45) is 3.51. The van der Waals surface area contributed by atoms with Crippen molar-refractivity contribution in [2.24, 2.45) is 5.73 Å². The SMILES string of the molecule is [CH2]CCCCNCCNCCN. The Morgan fingerprint density at radius 2 is 1.58 bits per heavy atom. The molecule has 0 aliphatic heterocycles. The van der Waals surface area contributed by atoms with E-state index >= 15 is 0 Å². The molecular formula is C9H22N3. The van der Waals surface area contributed by atoms with Gasteiger partial charge in [-0.3, -0.25) is 0 Å². The first-order chi connectivity index (χ1) is 5.91. The Kier molecular flexibility index (Phi) is 10.8. The molecule has 0 heterocycles. The Balaban J connectivity index is 2.73.